The zero-order chi connectivity index (χ0) is 18.1. The van der Waals surface area contributed by atoms with E-state index in [2.05, 4.69) is 20.6 Å². The fraction of sp³-hybridized carbons (Fsp3) is 0.444. The maximum Gasteiger partial charge on any atom is 0.224 e. The summed E-state index contributed by atoms with van der Waals surface area (Å²) in [5.41, 5.74) is 2.06. The van der Waals surface area contributed by atoms with Gasteiger partial charge >= 0.3 is 0 Å². The highest BCUT2D eigenvalue weighted by Crippen LogP contribution is 2.27. The van der Waals surface area contributed by atoms with Gasteiger partial charge in [-0.2, -0.15) is 4.98 Å². The SMILES string of the molecule is COCCNc1cc(C)nc(NCCc2ccc(OC)c(OC)c2)n1. The molecule has 0 radical (unpaired) electrons. The van der Waals surface area contributed by atoms with Gasteiger partial charge in [-0.3, -0.25) is 0 Å². The van der Waals surface area contributed by atoms with Gasteiger partial charge in [-0.05, 0) is 31.0 Å². The molecule has 0 aliphatic heterocycles. The Balaban J connectivity index is 1.92. The van der Waals surface area contributed by atoms with Crippen LogP contribution in [0.15, 0.2) is 24.3 Å². The van der Waals surface area contributed by atoms with E-state index >= 15 is 0 Å². The Kier molecular flexibility index (Phi) is 7.28. The molecule has 0 fully saturated rings. The zero-order valence-corrected chi connectivity index (χ0v) is 15.3. The number of nitrogens with one attached hydrogen (secondary N) is 2. The average molecular weight is 346 g/mol. The van der Waals surface area contributed by atoms with Crippen molar-refractivity contribution in [2.24, 2.45) is 0 Å². The quantitative estimate of drug-likeness (QED) is 0.640. The van der Waals surface area contributed by atoms with Gasteiger partial charge in [0.2, 0.25) is 5.95 Å². The first-order valence-corrected chi connectivity index (χ1v) is 8.19. The zero-order valence-electron chi connectivity index (χ0n) is 15.3. The van der Waals surface area contributed by atoms with Gasteiger partial charge in [0.25, 0.3) is 0 Å². The molecular formula is C18H26N4O3. The van der Waals surface area contributed by atoms with Crippen molar-refractivity contribution < 1.29 is 14.2 Å². The Hall–Kier alpha value is -2.54. The number of ether oxygens (including phenoxy) is 3. The van der Waals surface area contributed by atoms with E-state index in [0.717, 1.165) is 41.5 Å². The molecule has 1 aromatic carbocycles. The minimum absolute atomic E-state index is 0.611. The molecule has 0 atom stereocenters. The Bertz CT molecular complexity index is 679. The van der Waals surface area contributed by atoms with Crippen LogP contribution in [0.4, 0.5) is 11.8 Å². The highest BCUT2D eigenvalue weighted by atomic mass is 16.5. The Morgan fingerprint density at radius 2 is 1.72 bits per heavy atom. The molecule has 7 heteroatoms. The molecule has 0 spiro atoms. The lowest BCUT2D eigenvalue weighted by atomic mass is 10.1. The minimum Gasteiger partial charge on any atom is -0.493 e. The molecule has 0 bridgehead atoms. The normalized spacial score (nSPS) is 10.4. The monoisotopic (exact) mass is 346 g/mol. The average Bonchev–Trinajstić information content (AvgIpc) is 2.61. The van der Waals surface area contributed by atoms with E-state index in [1.54, 1.807) is 21.3 Å². The van der Waals surface area contributed by atoms with Crippen LogP contribution in [0.2, 0.25) is 0 Å². The van der Waals surface area contributed by atoms with E-state index < -0.39 is 0 Å². The topological polar surface area (TPSA) is 77.5 Å². The number of hydrogen-bond donors (Lipinski definition) is 2. The molecule has 0 unspecified atom stereocenters. The first kappa shape index (κ1) is 18.8. The van der Waals surface area contributed by atoms with Crippen molar-refractivity contribution in [2.45, 2.75) is 13.3 Å². The molecule has 1 aromatic heterocycles. The van der Waals surface area contributed by atoms with Gasteiger partial charge in [-0.25, -0.2) is 4.98 Å². The van der Waals surface area contributed by atoms with Crippen LogP contribution >= 0.6 is 0 Å². The number of hydrogen-bond acceptors (Lipinski definition) is 7. The van der Waals surface area contributed by atoms with Crippen LogP contribution in [0.1, 0.15) is 11.3 Å². The molecule has 2 N–H and O–H groups in total. The molecule has 0 amide bonds. The van der Waals surface area contributed by atoms with Crippen LogP contribution in [0.25, 0.3) is 0 Å². The molecule has 136 valence electrons. The minimum atomic E-state index is 0.611. The lowest BCUT2D eigenvalue weighted by Gasteiger charge is -2.11. The molecule has 2 aromatic rings. The fourth-order valence-electron chi connectivity index (χ4n) is 2.37. The molecule has 2 rings (SSSR count). The smallest absolute Gasteiger partial charge is 0.224 e. The Morgan fingerprint density at radius 3 is 2.44 bits per heavy atom. The molecule has 0 aliphatic carbocycles. The fourth-order valence-corrected chi connectivity index (χ4v) is 2.37. The van der Waals surface area contributed by atoms with Gasteiger partial charge in [0.05, 0.1) is 20.8 Å². The predicted molar refractivity (Wildman–Crippen MR) is 98.9 cm³/mol. The van der Waals surface area contributed by atoms with Crippen molar-refractivity contribution in [3.63, 3.8) is 0 Å². The lowest BCUT2D eigenvalue weighted by molar-refractivity contribution is 0.210. The van der Waals surface area contributed by atoms with E-state index in [1.165, 1.54) is 0 Å². The summed E-state index contributed by atoms with van der Waals surface area (Å²) in [5, 5.41) is 6.48. The van der Waals surface area contributed by atoms with Crippen molar-refractivity contribution in [1.82, 2.24) is 9.97 Å². The third-order valence-electron chi connectivity index (χ3n) is 3.61. The second kappa shape index (κ2) is 9.68. The maximum absolute atomic E-state index is 5.33. The second-order valence-electron chi connectivity index (χ2n) is 5.50. The van der Waals surface area contributed by atoms with Crippen LogP contribution in [-0.2, 0) is 11.2 Å². The summed E-state index contributed by atoms with van der Waals surface area (Å²) in [6, 6.07) is 7.83. The third kappa shape index (κ3) is 5.79. The molecule has 7 nitrogen and oxygen atoms in total. The predicted octanol–water partition coefficient (Wildman–Crippen LogP) is 2.52. The summed E-state index contributed by atoms with van der Waals surface area (Å²) in [5.74, 6) is 2.86. The number of methoxy groups -OCH3 is 3. The van der Waals surface area contributed by atoms with Gasteiger partial charge in [-0.15, -0.1) is 0 Å². The van der Waals surface area contributed by atoms with Gasteiger partial charge in [0, 0.05) is 32.0 Å². The van der Waals surface area contributed by atoms with Crippen molar-refractivity contribution in [3.05, 3.63) is 35.5 Å². The molecular weight excluding hydrogens is 320 g/mol. The van der Waals surface area contributed by atoms with E-state index in [1.807, 2.05) is 31.2 Å². The Labute approximate surface area is 148 Å². The first-order chi connectivity index (χ1) is 12.2. The van der Waals surface area contributed by atoms with Crippen LogP contribution in [0.3, 0.4) is 0 Å². The number of aryl methyl sites for hydroxylation is 1. The highest BCUT2D eigenvalue weighted by Gasteiger charge is 2.05. The number of anilines is 2. The van der Waals surface area contributed by atoms with E-state index in [4.69, 9.17) is 14.2 Å². The maximum atomic E-state index is 5.33. The number of aromatic nitrogens is 2. The van der Waals surface area contributed by atoms with Gasteiger partial charge in [0.15, 0.2) is 11.5 Å². The summed E-state index contributed by atoms with van der Waals surface area (Å²) in [6.45, 7) is 4.00. The molecule has 0 aliphatic rings. The third-order valence-corrected chi connectivity index (χ3v) is 3.61. The van der Waals surface area contributed by atoms with E-state index in [-0.39, 0.29) is 0 Å². The number of nitrogens with zero attached hydrogens (tertiary/aromatic N) is 2. The van der Waals surface area contributed by atoms with Gasteiger partial charge < -0.3 is 24.8 Å². The van der Waals surface area contributed by atoms with Crippen LogP contribution < -0.4 is 20.1 Å². The number of rotatable bonds is 10. The summed E-state index contributed by atoms with van der Waals surface area (Å²) < 4.78 is 15.6. The largest absolute Gasteiger partial charge is 0.493 e. The van der Waals surface area contributed by atoms with E-state index in [0.29, 0.717) is 19.1 Å². The summed E-state index contributed by atoms with van der Waals surface area (Å²) in [4.78, 5) is 8.88. The number of benzene rings is 1. The second-order valence-corrected chi connectivity index (χ2v) is 5.50. The van der Waals surface area contributed by atoms with Crippen molar-refractivity contribution >= 4 is 11.8 Å². The van der Waals surface area contributed by atoms with E-state index in [9.17, 15) is 0 Å². The molecule has 0 saturated carbocycles. The van der Waals surface area contributed by atoms with Crippen molar-refractivity contribution in [2.75, 3.05) is 51.7 Å². The standard InChI is InChI=1S/C18H26N4O3/c1-13-11-17(19-9-10-23-2)22-18(21-13)20-8-7-14-5-6-15(24-3)16(12-14)25-4/h5-6,11-12H,7-10H2,1-4H3,(H2,19,20,21,22). The summed E-state index contributed by atoms with van der Waals surface area (Å²) >= 11 is 0. The summed E-state index contributed by atoms with van der Waals surface area (Å²) in [6.07, 6.45) is 0.824. The van der Waals surface area contributed by atoms with Crippen molar-refractivity contribution in [3.8, 4) is 11.5 Å². The first-order valence-electron chi connectivity index (χ1n) is 8.19. The summed E-state index contributed by atoms with van der Waals surface area (Å²) in [7, 11) is 4.94. The van der Waals surface area contributed by atoms with Crippen LogP contribution in [0.5, 0.6) is 11.5 Å². The highest BCUT2D eigenvalue weighted by molar-refractivity contribution is 5.44. The Morgan fingerprint density at radius 1 is 0.920 bits per heavy atom. The molecule has 0 saturated heterocycles. The van der Waals surface area contributed by atoms with Crippen LogP contribution in [-0.4, -0.2) is 51.0 Å². The lowest BCUT2D eigenvalue weighted by Crippen LogP contribution is -2.12. The van der Waals surface area contributed by atoms with Gasteiger partial charge in [0.1, 0.15) is 5.82 Å². The van der Waals surface area contributed by atoms with Gasteiger partial charge in [-0.1, -0.05) is 6.07 Å². The molecule has 25 heavy (non-hydrogen) atoms. The molecule has 1 heterocycles. The van der Waals surface area contributed by atoms with Crippen molar-refractivity contribution in [1.29, 1.82) is 0 Å². The van der Waals surface area contributed by atoms with Crippen LogP contribution in [0, 0.1) is 6.92 Å².